The lowest BCUT2D eigenvalue weighted by molar-refractivity contribution is -0.118. The molecule has 98 valence electrons. The number of nitrogens with one attached hydrogen (secondary N) is 2. The van der Waals surface area contributed by atoms with Crippen LogP contribution in [0, 0.1) is 0 Å². The Hall–Kier alpha value is -1.00. The number of thioether (sulfide) groups is 1. The number of hydrogen-bond acceptors (Lipinski definition) is 3. The predicted octanol–water partition coefficient (Wildman–Crippen LogP) is 2.17. The average molecular weight is 264 g/mol. The van der Waals surface area contributed by atoms with E-state index < -0.39 is 0 Å². The highest BCUT2D eigenvalue weighted by molar-refractivity contribution is 8.00. The molecule has 1 fully saturated rings. The van der Waals surface area contributed by atoms with Gasteiger partial charge in [0.15, 0.2) is 0 Å². The first kappa shape index (κ1) is 13.4. The Balaban J connectivity index is 1.73. The monoisotopic (exact) mass is 264 g/mol. The zero-order valence-corrected chi connectivity index (χ0v) is 11.6. The summed E-state index contributed by atoms with van der Waals surface area (Å²) in [6.07, 6.45) is 2.30. The Morgan fingerprint density at radius 3 is 2.67 bits per heavy atom. The molecule has 0 aromatic heterocycles. The van der Waals surface area contributed by atoms with E-state index in [1.54, 1.807) is 11.8 Å². The molecular weight excluding hydrogens is 244 g/mol. The Morgan fingerprint density at radius 2 is 2.06 bits per heavy atom. The molecule has 2 N–H and O–H groups in total. The van der Waals surface area contributed by atoms with Gasteiger partial charge in [0.2, 0.25) is 5.91 Å². The van der Waals surface area contributed by atoms with Crippen molar-refractivity contribution >= 4 is 17.7 Å². The van der Waals surface area contributed by atoms with Gasteiger partial charge in [-0.3, -0.25) is 4.79 Å². The third-order valence-corrected chi connectivity index (χ3v) is 3.83. The van der Waals surface area contributed by atoms with Crippen molar-refractivity contribution in [1.29, 1.82) is 0 Å². The highest BCUT2D eigenvalue weighted by atomic mass is 32.2. The summed E-state index contributed by atoms with van der Waals surface area (Å²) in [4.78, 5) is 12.7. The predicted molar refractivity (Wildman–Crippen MR) is 75.7 cm³/mol. The number of hydrogen-bond donors (Lipinski definition) is 2. The van der Waals surface area contributed by atoms with Crippen molar-refractivity contribution in [3.63, 3.8) is 0 Å². The van der Waals surface area contributed by atoms with Crippen molar-refractivity contribution in [2.75, 3.05) is 12.3 Å². The van der Waals surface area contributed by atoms with Crippen molar-refractivity contribution in [3.05, 3.63) is 29.8 Å². The second-order valence-electron chi connectivity index (χ2n) is 4.55. The van der Waals surface area contributed by atoms with Crippen LogP contribution in [-0.4, -0.2) is 24.2 Å². The fourth-order valence-corrected chi connectivity index (χ4v) is 2.33. The van der Waals surface area contributed by atoms with E-state index in [0.29, 0.717) is 11.8 Å². The minimum absolute atomic E-state index is 0.152. The average Bonchev–Trinajstić information content (AvgIpc) is 3.19. The zero-order valence-electron chi connectivity index (χ0n) is 10.7. The molecule has 3 nitrogen and oxygen atoms in total. The van der Waals surface area contributed by atoms with Crippen molar-refractivity contribution in [3.8, 4) is 0 Å². The first-order chi connectivity index (χ1) is 8.78. The van der Waals surface area contributed by atoms with Crippen LogP contribution in [0.2, 0.25) is 0 Å². The van der Waals surface area contributed by atoms with E-state index in [2.05, 4.69) is 41.8 Å². The molecule has 18 heavy (non-hydrogen) atoms. The number of amides is 1. The largest absolute Gasteiger partial charge is 0.353 e. The number of benzene rings is 1. The summed E-state index contributed by atoms with van der Waals surface area (Å²) in [5.41, 5.74) is 1.28. The van der Waals surface area contributed by atoms with E-state index in [9.17, 15) is 4.79 Å². The summed E-state index contributed by atoms with van der Waals surface area (Å²) < 4.78 is 0. The lowest BCUT2D eigenvalue weighted by atomic mass is 10.2. The van der Waals surface area contributed by atoms with Gasteiger partial charge in [0.25, 0.3) is 0 Å². The molecule has 1 aromatic rings. The molecule has 0 radical (unpaired) electrons. The molecule has 1 aromatic carbocycles. The highest BCUT2D eigenvalue weighted by Gasteiger charge is 2.22. The topological polar surface area (TPSA) is 41.1 Å². The quantitative estimate of drug-likeness (QED) is 0.742. The number of carbonyl (C=O) groups is 1. The molecule has 1 saturated carbocycles. The molecule has 0 aliphatic heterocycles. The normalized spacial score (nSPS) is 14.5. The smallest absolute Gasteiger partial charge is 0.230 e. The maximum atomic E-state index is 11.5. The first-order valence-electron chi connectivity index (χ1n) is 6.49. The second kappa shape index (κ2) is 6.81. The van der Waals surface area contributed by atoms with Crippen LogP contribution in [0.3, 0.4) is 0 Å². The van der Waals surface area contributed by atoms with Gasteiger partial charge in [-0.2, -0.15) is 0 Å². The molecule has 2 rings (SSSR count). The van der Waals surface area contributed by atoms with E-state index in [-0.39, 0.29) is 5.91 Å². The van der Waals surface area contributed by atoms with Gasteiger partial charge in [0, 0.05) is 17.5 Å². The van der Waals surface area contributed by atoms with E-state index in [1.807, 2.05) is 0 Å². The summed E-state index contributed by atoms with van der Waals surface area (Å²) in [5.74, 6) is 0.669. The first-order valence-corrected chi connectivity index (χ1v) is 7.48. The van der Waals surface area contributed by atoms with E-state index in [1.165, 1.54) is 5.56 Å². The molecule has 4 heteroatoms. The van der Waals surface area contributed by atoms with Crippen LogP contribution in [0.25, 0.3) is 0 Å². The summed E-state index contributed by atoms with van der Waals surface area (Å²) >= 11 is 1.60. The van der Waals surface area contributed by atoms with Crippen LogP contribution in [0.1, 0.15) is 25.3 Å². The van der Waals surface area contributed by atoms with Crippen LogP contribution < -0.4 is 10.6 Å². The van der Waals surface area contributed by atoms with Gasteiger partial charge in [0.1, 0.15) is 0 Å². The van der Waals surface area contributed by atoms with Gasteiger partial charge in [-0.25, -0.2) is 0 Å². The third-order valence-electron chi connectivity index (χ3n) is 2.81. The van der Waals surface area contributed by atoms with E-state index >= 15 is 0 Å². The number of rotatable bonds is 7. The molecule has 1 amide bonds. The summed E-state index contributed by atoms with van der Waals surface area (Å²) in [6, 6.07) is 8.86. The van der Waals surface area contributed by atoms with Gasteiger partial charge in [-0.05, 0) is 37.1 Å². The maximum absolute atomic E-state index is 11.5. The van der Waals surface area contributed by atoms with E-state index in [0.717, 1.165) is 30.8 Å². The molecule has 0 heterocycles. The lowest BCUT2D eigenvalue weighted by Gasteiger charge is -2.05. The minimum atomic E-state index is 0.152. The van der Waals surface area contributed by atoms with Crippen molar-refractivity contribution in [2.24, 2.45) is 0 Å². The molecule has 0 atom stereocenters. The Morgan fingerprint density at radius 1 is 1.33 bits per heavy atom. The van der Waals surface area contributed by atoms with Crippen molar-refractivity contribution in [2.45, 2.75) is 37.2 Å². The molecular formula is C14H20N2OS. The van der Waals surface area contributed by atoms with Crippen molar-refractivity contribution in [1.82, 2.24) is 10.6 Å². The lowest BCUT2D eigenvalue weighted by Crippen LogP contribution is -2.26. The van der Waals surface area contributed by atoms with E-state index in [4.69, 9.17) is 0 Å². The molecule has 1 aliphatic rings. The number of carbonyl (C=O) groups excluding carboxylic acids is 1. The van der Waals surface area contributed by atoms with Gasteiger partial charge in [0.05, 0.1) is 5.75 Å². The van der Waals surface area contributed by atoms with Crippen molar-refractivity contribution < 1.29 is 4.79 Å². The summed E-state index contributed by atoms with van der Waals surface area (Å²) in [5, 5.41) is 6.29. The fourth-order valence-electron chi connectivity index (χ4n) is 1.62. The maximum Gasteiger partial charge on any atom is 0.230 e. The zero-order chi connectivity index (χ0) is 12.8. The second-order valence-corrected chi connectivity index (χ2v) is 5.60. The standard InChI is InChI=1S/C14H20N2OS/c1-2-15-9-11-3-7-13(8-4-11)18-10-14(17)16-12-5-6-12/h3-4,7-8,12,15H,2,5-6,9-10H2,1H3,(H,16,17). The third kappa shape index (κ3) is 4.70. The van der Waals surface area contributed by atoms with Crippen LogP contribution in [0.15, 0.2) is 29.2 Å². The van der Waals surface area contributed by atoms with Gasteiger partial charge in [-0.15, -0.1) is 11.8 Å². The summed E-state index contributed by atoms with van der Waals surface area (Å²) in [7, 11) is 0. The molecule has 0 saturated heterocycles. The van der Waals surface area contributed by atoms with Gasteiger partial charge in [-0.1, -0.05) is 19.1 Å². The van der Waals surface area contributed by atoms with Crippen LogP contribution >= 0.6 is 11.8 Å². The molecule has 0 bridgehead atoms. The van der Waals surface area contributed by atoms with Crippen LogP contribution in [-0.2, 0) is 11.3 Å². The Kier molecular flexibility index (Phi) is 5.08. The summed E-state index contributed by atoms with van der Waals surface area (Å²) in [6.45, 7) is 3.99. The molecule has 1 aliphatic carbocycles. The molecule has 0 unspecified atom stereocenters. The van der Waals surface area contributed by atoms with Gasteiger partial charge < -0.3 is 10.6 Å². The molecule has 0 spiro atoms. The highest BCUT2D eigenvalue weighted by Crippen LogP contribution is 2.21. The van der Waals surface area contributed by atoms with Gasteiger partial charge >= 0.3 is 0 Å². The Labute approximate surface area is 113 Å². The van der Waals surface area contributed by atoms with Crippen LogP contribution in [0.5, 0.6) is 0 Å². The Bertz CT molecular complexity index is 387. The SMILES string of the molecule is CCNCc1ccc(SCC(=O)NC2CC2)cc1. The van der Waals surface area contributed by atoms with Crippen LogP contribution in [0.4, 0.5) is 0 Å². The minimum Gasteiger partial charge on any atom is -0.353 e. The fraction of sp³-hybridized carbons (Fsp3) is 0.500.